The van der Waals surface area contributed by atoms with Gasteiger partial charge in [0.15, 0.2) is 0 Å². The summed E-state index contributed by atoms with van der Waals surface area (Å²) in [6.07, 6.45) is 5.82. The molecule has 0 N–H and O–H groups in total. The number of aromatic nitrogens is 3. The maximum atomic E-state index is 12.9. The van der Waals surface area contributed by atoms with Crippen LogP contribution in [0.3, 0.4) is 0 Å². The number of amides is 1. The third kappa shape index (κ3) is 3.95. The molecule has 27 heavy (non-hydrogen) atoms. The van der Waals surface area contributed by atoms with Gasteiger partial charge in [0.05, 0.1) is 23.7 Å². The van der Waals surface area contributed by atoms with Crippen molar-refractivity contribution in [1.29, 1.82) is 0 Å². The summed E-state index contributed by atoms with van der Waals surface area (Å²) in [5, 5.41) is 2.08. The van der Waals surface area contributed by atoms with E-state index < -0.39 is 0 Å². The molecule has 1 aliphatic heterocycles. The van der Waals surface area contributed by atoms with Crippen molar-refractivity contribution < 1.29 is 4.79 Å². The van der Waals surface area contributed by atoms with Crippen molar-refractivity contribution in [3.8, 4) is 0 Å². The van der Waals surface area contributed by atoms with Crippen molar-refractivity contribution in [1.82, 2.24) is 19.4 Å². The van der Waals surface area contributed by atoms with Crippen LogP contribution >= 0.6 is 11.3 Å². The number of carbonyl (C=O) groups is 1. The maximum Gasteiger partial charge on any atom is 0.229 e. The van der Waals surface area contributed by atoms with Crippen molar-refractivity contribution in [2.24, 2.45) is 0 Å². The first-order valence-corrected chi connectivity index (χ1v) is 10.4. The molecule has 2 aromatic heterocycles. The van der Waals surface area contributed by atoms with Crippen LogP contribution in [0.2, 0.25) is 0 Å². The molecule has 1 atom stereocenters. The molecule has 0 radical (unpaired) electrons. The topological polar surface area (TPSA) is 51.0 Å². The molecule has 0 spiro atoms. The van der Waals surface area contributed by atoms with Crippen LogP contribution in [0.1, 0.15) is 48.7 Å². The number of piperidine rings is 1. The van der Waals surface area contributed by atoms with Crippen LogP contribution in [0.25, 0.3) is 0 Å². The van der Waals surface area contributed by atoms with E-state index in [2.05, 4.69) is 19.9 Å². The minimum absolute atomic E-state index is 0.0885. The second-order valence-electron chi connectivity index (χ2n) is 7.13. The summed E-state index contributed by atoms with van der Waals surface area (Å²) >= 11 is 1.62. The van der Waals surface area contributed by atoms with Crippen molar-refractivity contribution in [3.05, 3.63) is 70.7 Å². The Hall–Kier alpha value is -2.47. The minimum atomic E-state index is -0.0885. The quantitative estimate of drug-likeness (QED) is 0.675. The lowest BCUT2D eigenvalue weighted by atomic mass is 9.93. The number of nitrogens with zero attached hydrogens (tertiary/aromatic N) is 4. The zero-order valence-corrected chi connectivity index (χ0v) is 16.3. The summed E-state index contributed by atoms with van der Waals surface area (Å²) in [6.45, 7) is 4.36. The van der Waals surface area contributed by atoms with E-state index in [1.54, 1.807) is 11.3 Å². The summed E-state index contributed by atoms with van der Waals surface area (Å²) < 4.78 is 2.20. The molecular weight excluding hydrogens is 356 g/mol. The highest BCUT2D eigenvalue weighted by Gasteiger charge is 2.29. The molecule has 140 valence electrons. The summed E-state index contributed by atoms with van der Waals surface area (Å²) in [7, 11) is 0. The molecule has 1 aliphatic rings. The first kappa shape index (κ1) is 17.9. The number of rotatable bonds is 5. The van der Waals surface area contributed by atoms with Gasteiger partial charge >= 0.3 is 0 Å². The fraction of sp³-hybridized carbons (Fsp3) is 0.381. The first-order valence-electron chi connectivity index (χ1n) is 9.44. The van der Waals surface area contributed by atoms with Crippen LogP contribution in [0.4, 0.5) is 0 Å². The number of carbonyl (C=O) groups excluding carboxylic acids is 1. The van der Waals surface area contributed by atoms with Crippen LogP contribution in [0.15, 0.2) is 53.6 Å². The smallest absolute Gasteiger partial charge is 0.229 e. The average Bonchev–Trinajstić information content (AvgIpc) is 3.40. The van der Waals surface area contributed by atoms with Crippen LogP contribution in [-0.4, -0.2) is 38.4 Å². The zero-order valence-electron chi connectivity index (χ0n) is 15.5. The van der Waals surface area contributed by atoms with Gasteiger partial charge in [0.2, 0.25) is 5.91 Å². The number of benzene rings is 1. The molecule has 1 fully saturated rings. The average molecular weight is 381 g/mol. The van der Waals surface area contributed by atoms with Gasteiger partial charge in [-0.1, -0.05) is 30.3 Å². The van der Waals surface area contributed by atoms with Gasteiger partial charge in [0.25, 0.3) is 0 Å². The number of hydrogen-bond acceptors (Lipinski definition) is 4. The zero-order chi connectivity index (χ0) is 18.6. The molecule has 4 rings (SSSR count). The Balaban J connectivity index is 1.38. The molecule has 6 heteroatoms. The van der Waals surface area contributed by atoms with E-state index in [0.717, 1.165) is 49.6 Å². The van der Waals surface area contributed by atoms with Gasteiger partial charge < -0.3 is 9.47 Å². The molecule has 0 bridgehead atoms. The Morgan fingerprint density at radius 1 is 1.22 bits per heavy atom. The fourth-order valence-corrected chi connectivity index (χ4v) is 4.37. The van der Waals surface area contributed by atoms with Crippen molar-refractivity contribution in [3.63, 3.8) is 0 Å². The highest BCUT2D eigenvalue weighted by atomic mass is 32.1. The van der Waals surface area contributed by atoms with Crippen LogP contribution in [0.5, 0.6) is 0 Å². The molecular formula is C21H24N4OS. The maximum absolute atomic E-state index is 12.9. The van der Waals surface area contributed by atoms with Gasteiger partial charge in [-0.05, 0) is 25.3 Å². The van der Waals surface area contributed by atoms with Crippen LogP contribution in [0, 0.1) is 0 Å². The summed E-state index contributed by atoms with van der Waals surface area (Å²) in [5.41, 5.74) is 4.02. The van der Waals surface area contributed by atoms with Gasteiger partial charge in [-0.25, -0.2) is 9.97 Å². The number of thiazole rings is 1. The standard InChI is InChI=1S/C21H24N4OS/c1-16(17-5-3-2-4-6-17)21(26)24-10-7-18(8-11-24)20-22-9-12-25(20)13-19-14-27-15-23-19/h2-6,9,12,14-16,18H,7-8,10-11,13H2,1H3/t16-/m1/s1. The Morgan fingerprint density at radius 3 is 2.70 bits per heavy atom. The van der Waals surface area contributed by atoms with E-state index in [4.69, 9.17) is 0 Å². The summed E-state index contributed by atoms with van der Waals surface area (Å²) in [6, 6.07) is 10.0. The van der Waals surface area contributed by atoms with Gasteiger partial charge in [0.1, 0.15) is 5.82 Å². The lowest BCUT2D eigenvalue weighted by Crippen LogP contribution is -2.40. The highest BCUT2D eigenvalue weighted by Crippen LogP contribution is 2.29. The highest BCUT2D eigenvalue weighted by molar-refractivity contribution is 7.07. The van der Waals surface area contributed by atoms with Gasteiger partial charge in [-0.2, -0.15) is 0 Å². The van der Waals surface area contributed by atoms with Crippen LogP contribution in [-0.2, 0) is 11.3 Å². The Kier molecular flexibility index (Phi) is 5.34. The Morgan fingerprint density at radius 2 is 2.00 bits per heavy atom. The van der Waals surface area contributed by atoms with E-state index in [1.807, 2.05) is 60.1 Å². The molecule has 3 heterocycles. The largest absolute Gasteiger partial charge is 0.342 e. The van der Waals surface area contributed by atoms with E-state index >= 15 is 0 Å². The van der Waals surface area contributed by atoms with Crippen molar-refractivity contribution >= 4 is 17.2 Å². The number of imidazole rings is 1. The molecule has 5 nitrogen and oxygen atoms in total. The van der Waals surface area contributed by atoms with E-state index in [1.165, 1.54) is 0 Å². The third-order valence-electron chi connectivity index (χ3n) is 5.41. The molecule has 0 unspecified atom stereocenters. The fourth-order valence-electron chi connectivity index (χ4n) is 3.82. The van der Waals surface area contributed by atoms with Crippen molar-refractivity contribution in [2.75, 3.05) is 13.1 Å². The molecule has 1 aromatic carbocycles. The molecule has 0 aliphatic carbocycles. The molecule has 1 amide bonds. The Bertz CT molecular complexity index is 867. The lowest BCUT2D eigenvalue weighted by molar-refractivity contribution is -0.133. The third-order valence-corrected chi connectivity index (χ3v) is 6.04. The van der Waals surface area contributed by atoms with Gasteiger partial charge in [0, 0.05) is 36.8 Å². The second-order valence-corrected chi connectivity index (χ2v) is 7.84. The second kappa shape index (κ2) is 8.05. The molecule has 3 aromatic rings. The Labute approximate surface area is 163 Å². The molecule has 0 saturated carbocycles. The normalized spacial score (nSPS) is 16.4. The van der Waals surface area contributed by atoms with Gasteiger partial charge in [-0.3, -0.25) is 4.79 Å². The minimum Gasteiger partial charge on any atom is -0.342 e. The van der Waals surface area contributed by atoms with Crippen molar-refractivity contribution in [2.45, 2.75) is 38.1 Å². The SMILES string of the molecule is C[C@@H](C(=O)N1CCC(c2nccn2Cc2cscn2)CC1)c1ccccc1. The molecule has 1 saturated heterocycles. The number of hydrogen-bond donors (Lipinski definition) is 0. The lowest BCUT2D eigenvalue weighted by Gasteiger charge is -2.33. The predicted octanol–water partition coefficient (Wildman–Crippen LogP) is 3.90. The van der Waals surface area contributed by atoms with Crippen LogP contribution < -0.4 is 0 Å². The summed E-state index contributed by atoms with van der Waals surface area (Å²) in [5.74, 6) is 1.65. The van der Waals surface area contributed by atoms with E-state index in [0.29, 0.717) is 5.92 Å². The predicted molar refractivity (Wildman–Crippen MR) is 107 cm³/mol. The van der Waals surface area contributed by atoms with Gasteiger partial charge in [-0.15, -0.1) is 11.3 Å². The summed E-state index contributed by atoms with van der Waals surface area (Å²) in [4.78, 5) is 23.9. The number of likely N-dealkylation sites (tertiary alicyclic amines) is 1. The monoisotopic (exact) mass is 380 g/mol. The van der Waals surface area contributed by atoms with E-state index in [-0.39, 0.29) is 11.8 Å². The van der Waals surface area contributed by atoms with E-state index in [9.17, 15) is 4.79 Å². The first-order chi connectivity index (χ1) is 13.2.